The molecule has 1 aliphatic rings. The van der Waals surface area contributed by atoms with Crippen molar-refractivity contribution in [2.45, 2.75) is 32.2 Å². The first-order valence-electron chi connectivity index (χ1n) is 8.98. The molecule has 138 valence electrons. The van der Waals surface area contributed by atoms with Gasteiger partial charge in [-0.25, -0.2) is 4.79 Å². The van der Waals surface area contributed by atoms with Crippen molar-refractivity contribution in [2.24, 2.45) is 5.92 Å². The Morgan fingerprint density at radius 1 is 1.44 bits per heavy atom. The Labute approximate surface area is 150 Å². The van der Waals surface area contributed by atoms with E-state index in [1.807, 2.05) is 25.1 Å². The molecule has 0 aliphatic carbocycles. The van der Waals surface area contributed by atoms with Crippen LogP contribution in [0.25, 0.3) is 0 Å². The minimum absolute atomic E-state index is 0.0240. The lowest BCUT2D eigenvalue weighted by Gasteiger charge is -2.32. The van der Waals surface area contributed by atoms with Gasteiger partial charge in [0.1, 0.15) is 0 Å². The summed E-state index contributed by atoms with van der Waals surface area (Å²) in [5, 5.41) is 15.4. The number of aliphatic hydroxyl groups excluding tert-OH is 1. The van der Waals surface area contributed by atoms with Crippen LogP contribution in [0.4, 0.5) is 4.79 Å². The van der Waals surface area contributed by atoms with Gasteiger partial charge in [0, 0.05) is 56.6 Å². The van der Waals surface area contributed by atoms with Crippen molar-refractivity contribution in [3.63, 3.8) is 0 Å². The number of piperidine rings is 1. The van der Waals surface area contributed by atoms with E-state index in [2.05, 4.69) is 27.1 Å². The predicted octanol–water partition coefficient (Wildman–Crippen LogP) is 1.57. The van der Waals surface area contributed by atoms with Gasteiger partial charge in [-0.05, 0) is 38.3 Å². The summed E-state index contributed by atoms with van der Waals surface area (Å²) in [7, 11) is 0. The Kier molecular flexibility index (Phi) is 7.88. The second kappa shape index (κ2) is 10.2. The maximum atomic E-state index is 12.1. The number of nitrogens with zero attached hydrogens (tertiary/aromatic N) is 2. The van der Waals surface area contributed by atoms with Crippen LogP contribution in [0.15, 0.2) is 36.5 Å². The van der Waals surface area contributed by atoms with Crippen molar-refractivity contribution < 1.29 is 9.90 Å². The molecule has 2 rings (SSSR count). The lowest BCUT2D eigenvalue weighted by atomic mass is 10.0. The van der Waals surface area contributed by atoms with Crippen molar-refractivity contribution in [1.82, 2.24) is 20.5 Å². The van der Waals surface area contributed by atoms with Gasteiger partial charge >= 0.3 is 6.03 Å². The summed E-state index contributed by atoms with van der Waals surface area (Å²) < 4.78 is 0. The van der Waals surface area contributed by atoms with Crippen LogP contribution in [0, 0.1) is 5.92 Å². The molecule has 0 saturated carbocycles. The number of hydrogen-bond acceptors (Lipinski definition) is 4. The molecular weight excluding hydrogens is 316 g/mol. The van der Waals surface area contributed by atoms with Gasteiger partial charge in [-0.2, -0.15) is 0 Å². The van der Waals surface area contributed by atoms with E-state index in [4.69, 9.17) is 0 Å². The van der Waals surface area contributed by atoms with E-state index in [0.717, 1.165) is 38.2 Å². The maximum Gasteiger partial charge on any atom is 0.315 e. The number of carbonyl (C=O) groups is 1. The molecule has 2 amide bonds. The summed E-state index contributed by atoms with van der Waals surface area (Å²) in [6, 6.07) is 5.78. The van der Waals surface area contributed by atoms with Crippen LogP contribution in [0.5, 0.6) is 0 Å². The zero-order chi connectivity index (χ0) is 18.1. The summed E-state index contributed by atoms with van der Waals surface area (Å²) in [6.07, 6.45) is 4.30. The van der Waals surface area contributed by atoms with E-state index in [9.17, 15) is 9.90 Å². The number of urea groups is 1. The van der Waals surface area contributed by atoms with Crippen LogP contribution in [0.1, 0.15) is 25.5 Å². The molecule has 25 heavy (non-hydrogen) atoms. The van der Waals surface area contributed by atoms with Crippen molar-refractivity contribution in [1.29, 1.82) is 0 Å². The lowest BCUT2D eigenvalue weighted by Crippen LogP contribution is -2.49. The number of aromatic nitrogens is 1. The Bertz CT molecular complexity index is 542. The molecule has 0 spiro atoms. The van der Waals surface area contributed by atoms with Crippen molar-refractivity contribution in [3.05, 3.63) is 42.2 Å². The number of carbonyl (C=O) groups excluding carboxylic acids is 1. The first kappa shape index (κ1) is 19.4. The zero-order valence-corrected chi connectivity index (χ0v) is 15.1. The summed E-state index contributed by atoms with van der Waals surface area (Å²) in [4.78, 5) is 18.7. The Morgan fingerprint density at radius 3 is 2.80 bits per heavy atom. The standard InChI is InChI=1S/C19H30N4O2/c1-15(2)13-23-9-6-17(7-10-23)22-19(25)21-12-16(14-24)11-18-5-3-4-8-20-18/h3-5,8,16-17,24H,1,6-7,9-14H2,2H3,(H2,21,22,25). The van der Waals surface area contributed by atoms with E-state index in [1.54, 1.807) is 6.20 Å². The average Bonchev–Trinajstić information content (AvgIpc) is 2.60. The molecule has 1 unspecified atom stereocenters. The van der Waals surface area contributed by atoms with Gasteiger partial charge < -0.3 is 15.7 Å². The fourth-order valence-corrected chi connectivity index (χ4v) is 3.11. The van der Waals surface area contributed by atoms with Gasteiger partial charge in [-0.1, -0.05) is 18.2 Å². The molecule has 6 heteroatoms. The third kappa shape index (κ3) is 7.23. The minimum atomic E-state index is -0.155. The average molecular weight is 346 g/mol. The van der Waals surface area contributed by atoms with Crippen LogP contribution < -0.4 is 10.6 Å². The van der Waals surface area contributed by atoms with E-state index >= 15 is 0 Å². The maximum absolute atomic E-state index is 12.1. The van der Waals surface area contributed by atoms with E-state index in [0.29, 0.717) is 13.0 Å². The molecule has 1 aliphatic heterocycles. The first-order chi connectivity index (χ1) is 12.1. The number of hydrogen-bond donors (Lipinski definition) is 3. The Hall–Kier alpha value is -1.92. The van der Waals surface area contributed by atoms with Crippen LogP contribution in [-0.4, -0.2) is 59.8 Å². The number of pyridine rings is 1. The number of aliphatic hydroxyl groups is 1. The predicted molar refractivity (Wildman–Crippen MR) is 99.3 cm³/mol. The van der Waals surface area contributed by atoms with Crippen molar-refractivity contribution >= 4 is 6.03 Å². The summed E-state index contributed by atoms with van der Waals surface area (Å²) in [5.74, 6) is -0.0296. The van der Waals surface area contributed by atoms with Crippen LogP contribution in [0.2, 0.25) is 0 Å². The highest BCUT2D eigenvalue weighted by Gasteiger charge is 2.20. The molecular formula is C19H30N4O2. The van der Waals surface area contributed by atoms with Gasteiger partial charge in [0.2, 0.25) is 0 Å². The van der Waals surface area contributed by atoms with E-state index in [-0.39, 0.29) is 24.6 Å². The molecule has 1 aromatic rings. The SMILES string of the molecule is C=C(C)CN1CCC(NC(=O)NCC(CO)Cc2ccccn2)CC1. The molecule has 1 atom stereocenters. The van der Waals surface area contributed by atoms with Gasteiger partial charge in [0.25, 0.3) is 0 Å². The Balaban J connectivity index is 1.67. The fourth-order valence-electron chi connectivity index (χ4n) is 3.11. The van der Waals surface area contributed by atoms with Crippen LogP contribution in [-0.2, 0) is 6.42 Å². The molecule has 0 radical (unpaired) electrons. The molecule has 1 saturated heterocycles. The largest absolute Gasteiger partial charge is 0.396 e. The highest BCUT2D eigenvalue weighted by atomic mass is 16.3. The van der Waals surface area contributed by atoms with Gasteiger partial charge in [0.15, 0.2) is 0 Å². The molecule has 0 bridgehead atoms. The quantitative estimate of drug-likeness (QED) is 0.625. The van der Waals surface area contributed by atoms with Crippen molar-refractivity contribution in [3.8, 4) is 0 Å². The van der Waals surface area contributed by atoms with E-state index < -0.39 is 0 Å². The van der Waals surface area contributed by atoms with Crippen LogP contribution in [0.3, 0.4) is 0 Å². The first-order valence-corrected chi connectivity index (χ1v) is 8.98. The van der Waals surface area contributed by atoms with Gasteiger partial charge in [-0.3, -0.25) is 9.88 Å². The second-order valence-electron chi connectivity index (χ2n) is 6.94. The second-order valence-corrected chi connectivity index (χ2v) is 6.94. The normalized spacial score (nSPS) is 17.0. The number of nitrogens with one attached hydrogen (secondary N) is 2. The smallest absolute Gasteiger partial charge is 0.315 e. The minimum Gasteiger partial charge on any atom is -0.396 e. The molecule has 3 N–H and O–H groups in total. The fraction of sp³-hybridized carbons (Fsp3) is 0.579. The molecule has 1 fully saturated rings. The van der Waals surface area contributed by atoms with Crippen LogP contribution >= 0.6 is 0 Å². The van der Waals surface area contributed by atoms with Gasteiger partial charge in [0.05, 0.1) is 0 Å². The number of likely N-dealkylation sites (tertiary alicyclic amines) is 1. The third-order valence-corrected chi connectivity index (χ3v) is 4.45. The molecule has 1 aromatic heterocycles. The lowest BCUT2D eigenvalue weighted by molar-refractivity contribution is 0.196. The third-order valence-electron chi connectivity index (χ3n) is 4.45. The zero-order valence-electron chi connectivity index (χ0n) is 15.1. The van der Waals surface area contributed by atoms with Crippen molar-refractivity contribution in [2.75, 3.05) is 32.8 Å². The highest BCUT2D eigenvalue weighted by molar-refractivity contribution is 5.74. The highest BCUT2D eigenvalue weighted by Crippen LogP contribution is 2.11. The molecule has 2 heterocycles. The number of amides is 2. The summed E-state index contributed by atoms with van der Waals surface area (Å²) in [6.45, 7) is 9.35. The monoisotopic (exact) mass is 346 g/mol. The van der Waals surface area contributed by atoms with E-state index in [1.165, 1.54) is 5.57 Å². The molecule has 0 aromatic carbocycles. The summed E-state index contributed by atoms with van der Waals surface area (Å²) in [5.41, 5.74) is 2.10. The Morgan fingerprint density at radius 2 is 2.20 bits per heavy atom. The topological polar surface area (TPSA) is 77.5 Å². The number of rotatable bonds is 8. The molecule has 6 nitrogen and oxygen atoms in total. The summed E-state index contributed by atoms with van der Waals surface area (Å²) >= 11 is 0. The van der Waals surface area contributed by atoms with Gasteiger partial charge in [-0.15, -0.1) is 0 Å².